The van der Waals surface area contributed by atoms with Crippen molar-refractivity contribution in [1.29, 1.82) is 5.26 Å². The van der Waals surface area contributed by atoms with Crippen LogP contribution in [0.4, 0.5) is 0 Å². The molecule has 2 rings (SSSR count). The molecule has 80 valence electrons. The molecule has 2 aliphatic carbocycles. The van der Waals surface area contributed by atoms with Crippen molar-refractivity contribution in [3.8, 4) is 6.07 Å². The second-order valence-electron chi connectivity index (χ2n) is 3.87. The molecule has 3 atom stereocenters. The maximum Gasteiger partial charge on any atom is 0.330 e. The van der Waals surface area contributed by atoms with E-state index in [9.17, 15) is 10.1 Å². The van der Waals surface area contributed by atoms with Crippen LogP contribution in [-0.2, 0) is 9.53 Å². The second-order valence-corrected chi connectivity index (χ2v) is 5.25. The SMILES string of the molecule is COC(=O)C1(C#N)C2C=CC(C2)C1(Cl)Cl. The van der Waals surface area contributed by atoms with Gasteiger partial charge in [-0.3, -0.25) is 4.79 Å². The molecule has 0 saturated heterocycles. The van der Waals surface area contributed by atoms with E-state index in [2.05, 4.69) is 4.74 Å². The Labute approximate surface area is 97.6 Å². The molecule has 3 unspecified atom stereocenters. The number of alkyl halides is 2. The molecule has 3 nitrogen and oxygen atoms in total. The van der Waals surface area contributed by atoms with Crippen LogP contribution >= 0.6 is 23.2 Å². The highest BCUT2D eigenvalue weighted by atomic mass is 35.5. The summed E-state index contributed by atoms with van der Waals surface area (Å²) in [5.74, 6) is -1.04. The molecule has 0 spiro atoms. The zero-order valence-corrected chi connectivity index (χ0v) is 9.55. The van der Waals surface area contributed by atoms with Gasteiger partial charge in [0.2, 0.25) is 0 Å². The molecule has 0 amide bonds. The summed E-state index contributed by atoms with van der Waals surface area (Å²) >= 11 is 12.3. The van der Waals surface area contributed by atoms with E-state index >= 15 is 0 Å². The number of carbonyl (C=O) groups is 1. The normalized spacial score (nSPS) is 40.1. The minimum absolute atomic E-state index is 0.149. The number of methoxy groups -OCH3 is 1. The molecule has 0 aliphatic heterocycles. The smallest absolute Gasteiger partial charge is 0.330 e. The highest BCUT2D eigenvalue weighted by molar-refractivity contribution is 6.51. The van der Waals surface area contributed by atoms with E-state index in [4.69, 9.17) is 23.2 Å². The average molecular weight is 246 g/mol. The first-order chi connectivity index (χ1) is 7.00. The van der Waals surface area contributed by atoms with Gasteiger partial charge in [-0.15, -0.1) is 0 Å². The third kappa shape index (κ3) is 1.04. The van der Waals surface area contributed by atoms with Crippen LogP contribution in [0.1, 0.15) is 6.42 Å². The van der Waals surface area contributed by atoms with Gasteiger partial charge in [-0.25, -0.2) is 0 Å². The zero-order chi connectivity index (χ0) is 11.3. The third-order valence-electron chi connectivity index (χ3n) is 3.31. The molecule has 0 aromatic heterocycles. The number of esters is 1. The monoisotopic (exact) mass is 245 g/mol. The van der Waals surface area contributed by atoms with Crippen molar-refractivity contribution in [2.45, 2.75) is 10.8 Å². The Morgan fingerprint density at radius 1 is 1.53 bits per heavy atom. The van der Waals surface area contributed by atoms with Crippen molar-refractivity contribution in [1.82, 2.24) is 0 Å². The number of nitriles is 1. The van der Waals surface area contributed by atoms with Gasteiger partial charge in [-0.05, 0) is 6.42 Å². The van der Waals surface area contributed by atoms with Gasteiger partial charge in [0.1, 0.15) is 0 Å². The Morgan fingerprint density at radius 2 is 2.13 bits per heavy atom. The summed E-state index contributed by atoms with van der Waals surface area (Å²) in [5.41, 5.74) is -1.45. The fourth-order valence-electron chi connectivity index (χ4n) is 2.48. The number of carbonyl (C=O) groups excluding carboxylic acids is 1. The molecule has 1 fully saturated rings. The zero-order valence-electron chi connectivity index (χ0n) is 8.04. The van der Waals surface area contributed by atoms with E-state index < -0.39 is 15.7 Å². The Bertz CT molecular complexity index is 385. The molecule has 2 aliphatic rings. The highest BCUT2D eigenvalue weighted by Crippen LogP contribution is 2.63. The molecular weight excluding hydrogens is 237 g/mol. The van der Waals surface area contributed by atoms with Gasteiger partial charge in [-0.2, -0.15) is 5.26 Å². The van der Waals surface area contributed by atoms with Crippen LogP contribution < -0.4 is 0 Å². The van der Waals surface area contributed by atoms with Gasteiger partial charge in [0.05, 0.1) is 13.2 Å². The fraction of sp³-hybridized carbons (Fsp3) is 0.600. The van der Waals surface area contributed by atoms with Gasteiger partial charge in [-0.1, -0.05) is 35.4 Å². The van der Waals surface area contributed by atoms with Gasteiger partial charge >= 0.3 is 5.97 Å². The van der Waals surface area contributed by atoms with Crippen LogP contribution in [0.2, 0.25) is 0 Å². The van der Waals surface area contributed by atoms with Crippen LogP contribution in [0.15, 0.2) is 12.2 Å². The largest absolute Gasteiger partial charge is 0.468 e. The molecular formula is C10H9Cl2NO2. The molecule has 0 aromatic rings. The van der Waals surface area contributed by atoms with E-state index in [0.717, 1.165) is 0 Å². The van der Waals surface area contributed by atoms with Crippen molar-refractivity contribution in [2.24, 2.45) is 17.3 Å². The third-order valence-corrected chi connectivity index (χ3v) is 4.47. The first-order valence-electron chi connectivity index (χ1n) is 4.56. The summed E-state index contributed by atoms with van der Waals surface area (Å²) in [6.07, 6.45) is 4.33. The van der Waals surface area contributed by atoms with Crippen molar-refractivity contribution in [2.75, 3.05) is 7.11 Å². The van der Waals surface area contributed by atoms with E-state index in [0.29, 0.717) is 6.42 Å². The predicted molar refractivity (Wildman–Crippen MR) is 55.2 cm³/mol. The van der Waals surface area contributed by atoms with Crippen LogP contribution in [-0.4, -0.2) is 17.4 Å². The minimum Gasteiger partial charge on any atom is -0.468 e. The predicted octanol–water partition coefficient (Wildman–Crippen LogP) is 2.05. The van der Waals surface area contributed by atoms with Gasteiger partial charge in [0.25, 0.3) is 0 Å². The van der Waals surface area contributed by atoms with Gasteiger partial charge in [0, 0.05) is 11.8 Å². The lowest BCUT2D eigenvalue weighted by Crippen LogP contribution is -2.48. The lowest BCUT2D eigenvalue weighted by molar-refractivity contribution is -0.151. The number of fused-ring (bicyclic) bond motifs is 2. The summed E-state index contributed by atoms with van der Waals surface area (Å²) in [6.45, 7) is 0. The van der Waals surface area contributed by atoms with Crippen LogP contribution in [0.3, 0.4) is 0 Å². The van der Waals surface area contributed by atoms with Crippen LogP contribution in [0.5, 0.6) is 0 Å². The Kier molecular flexibility index (Phi) is 2.25. The molecule has 0 aromatic carbocycles. The average Bonchev–Trinajstić information content (AvgIpc) is 2.75. The number of halogens is 2. The van der Waals surface area contributed by atoms with Crippen LogP contribution in [0.25, 0.3) is 0 Å². The lowest BCUT2D eigenvalue weighted by Gasteiger charge is -2.35. The second kappa shape index (κ2) is 3.13. The lowest BCUT2D eigenvalue weighted by atomic mass is 9.76. The molecule has 5 heteroatoms. The van der Waals surface area contributed by atoms with Crippen molar-refractivity contribution < 1.29 is 9.53 Å². The maximum atomic E-state index is 11.7. The molecule has 0 radical (unpaired) electrons. The van der Waals surface area contributed by atoms with E-state index in [1.54, 1.807) is 0 Å². The van der Waals surface area contributed by atoms with Crippen molar-refractivity contribution >= 4 is 29.2 Å². The molecule has 15 heavy (non-hydrogen) atoms. The van der Waals surface area contributed by atoms with Crippen LogP contribution in [0, 0.1) is 28.6 Å². The number of allylic oxidation sites excluding steroid dienone is 2. The first-order valence-corrected chi connectivity index (χ1v) is 5.32. The summed E-state index contributed by atoms with van der Waals surface area (Å²) in [5, 5.41) is 9.22. The first kappa shape index (κ1) is 10.8. The molecule has 0 heterocycles. The molecule has 0 N–H and O–H groups in total. The number of rotatable bonds is 1. The van der Waals surface area contributed by atoms with Gasteiger partial charge < -0.3 is 4.74 Å². The standard InChI is InChI=1S/C10H9Cl2NO2/c1-15-8(14)9(5-13)6-2-3-7(4-6)10(9,11)12/h2-3,6-7H,4H2,1H3. The number of ether oxygens (including phenoxy) is 1. The summed E-state index contributed by atoms with van der Waals surface area (Å²) in [7, 11) is 1.24. The Morgan fingerprint density at radius 3 is 2.53 bits per heavy atom. The molecule has 1 saturated carbocycles. The topological polar surface area (TPSA) is 50.1 Å². The molecule has 2 bridgehead atoms. The summed E-state index contributed by atoms with van der Waals surface area (Å²) < 4.78 is 3.27. The Balaban J connectivity index is 2.55. The fourth-order valence-corrected chi connectivity index (χ4v) is 3.32. The van der Waals surface area contributed by atoms with Gasteiger partial charge in [0.15, 0.2) is 9.75 Å². The van der Waals surface area contributed by atoms with E-state index in [-0.39, 0.29) is 11.8 Å². The number of hydrogen-bond donors (Lipinski definition) is 0. The summed E-state index contributed by atoms with van der Waals surface area (Å²) in [6, 6.07) is 1.96. The van der Waals surface area contributed by atoms with E-state index in [1.807, 2.05) is 18.2 Å². The highest BCUT2D eigenvalue weighted by Gasteiger charge is 2.70. The summed E-state index contributed by atoms with van der Waals surface area (Å²) in [4.78, 5) is 11.7. The van der Waals surface area contributed by atoms with Crippen molar-refractivity contribution in [3.05, 3.63) is 12.2 Å². The minimum atomic E-state index is -1.45. The maximum absolute atomic E-state index is 11.7. The number of hydrogen-bond acceptors (Lipinski definition) is 3. The Hall–Kier alpha value is -0.720. The van der Waals surface area contributed by atoms with Crippen molar-refractivity contribution in [3.63, 3.8) is 0 Å². The quantitative estimate of drug-likeness (QED) is 0.404. The van der Waals surface area contributed by atoms with E-state index in [1.165, 1.54) is 7.11 Å². The number of nitrogens with zero attached hydrogens (tertiary/aromatic N) is 1.